The molecule has 0 amide bonds. The summed E-state index contributed by atoms with van der Waals surface area (Å²) in [7, 11) is 0. The molecule has 1 nitrogen and oxygen atoms in total. The maximum atomic E-state index is 2.55. The largest absolute Gasteiger partial charge is 0.303 e. The predicted octanol–water partition coefficient (Wildman–Crippen LogP) is 1.98. The highest BCUT2D eigenvalue weighted by Gasteiger charge is 2.19. The third-order valence-electron chi connectivity index (χ3n) is 2.39. The van der Waals surface area contributed by atoms with Crippen molar-refractivity contribution in [1.82, 2.24) is 4.90 Å². The zero-order valence-corrected chi connectivity index (χ0v) is 7.43. The van der Waals surface area contributed by atoms with Crippen LogP contribution < -0.4 is 0 Å². The summed E-state index contributed by atoms with van der Waals surface area (Å²) >= 11 is 0. The molecule has 1 fully saturated rings. The lowest BCUT2D eigenvalue weighted by atomic mass is 9.92. The van der Waals surface area contributed by atoms with Gasteiger partial charge in [-0.2, -0.15) is 0 Å². The second-order valence-corrected chi connectivity index (χ2v) is 3.80. The molecule has 0 radical (unpaired) electrons. The van der Waals surface area contributed by atoms with E-state index in [1.165, 1.54) is 26.1 Å². The number of nitrogens with zero attached hydrogens (tertiary/aromatic N) is 1. The summed E-state index contributed by atoms with van der Waals surface area (Å²) in [6, 6.07) is 0. The first-order valence-corrected chi connectivity index (χ1v) is 4.44. The highest BCUT2D eigenvalue weighted by molar-refractivity contribution is 4.73. The van der Waals surface area contributed by atoms with Gasteiger partial charge >= 0.3 is 0 Å². The van der Waals surface area contributed by atoms with E-state index in [1.807, 2.05) is 0 Å². The summed E-state index contributed by atoms with van der Waals surface area (Å²) in [5.41, 5.74) is 0. The molecule has 0 spiro atoms. The van der Waals surface area contributed by atoms with Crippen LogP contribution in [0.1, 0.15) is 27.2 Å². The van der Waals surface area contributed by atoms with Crippen molar-refractivity contribution in [3.05, 3.63) is 0 Å². The van der Waals surface area contributed by atoms with Crippen LogP contribution in [-0.2, 0) is 0 Å². The molecule has 0 saturated carbocycles. The molecule has 10 heavy (non-hydrogen) atoms. The quantitative estimate of drug-likeness (QED) is 0.540. The van der Waals surface area contributed by atoms with Crippen LogP contribution in [0, 0.1) is 11.8 Å². The highest BCUT2D eigenvalue weighted by Crippen LogP contribution is 2.19. The monoisotopic (exact) mass is 141 g/mol. The lowest BCUT2D eigenvalue weighted by Crippen LogP contribution is -2.38. The molecule has 2 unspecified atom stereocenters. The Labute approximate surface area is 64.4 Å². The average Bonchev–Trinajstić information content (AvgIpc) is 1.85. The zero-order valence-electron chi connectivity index (χ0n) is 7.43. The summed E-state index contributed by atoms with van der Waals surface area (Å²) in [6.07, 6.45) is 1.43. The minimum atomic E-state index is 0.920. The van der Waals surface area contributed by atoms with Crippen LogP contribution in [0.15, 0.2) is 0 Å². The maximum Gasteiger partial charge on any atom is 0.000712 e. The molecule has 1 rings (SSSR count). The third-order valence-corrected chi connectivity index (χ3v) is 2.39. The van der Waals surface area contributed by atoms with E-state index in [-0.39, 0.29) is 0 Å². The maximum absolute atomic E-state index is 2.55. The standard InChI is InChI=1S/C9H19N/c1-4-10-6-8(2)5-9(3)7-10/h8-9H,4-7H2,1-3H3. The van der Waals surface area contributed by atoms with Crippen LogP contribution in [0.4, 0.5) is 0 Å². The van der Waals surface area contributed by atoms with Gasteiger partial charge in [0.1, 0.15) is 0 Å². The zero-order chi connectivity index (χ0) is 7.56. The third kappa shape index (κ3) is 1.98. The van der Waals surface area contributed by atoms with Gasteiger partial charge in [-0.05, 0) is 24.8 Å². The number of piperidine rings is 1. The van der Waals surface area contributed by atoms with E-state index in [4.69, 9.17) is 0 Å². The average molecular weight is 141 g/mol. The molecule has 1 saturated heterocycles. The lowest BCUT2D eigenvalue weighted by Gasteiger charge is -2.33. The van der Waals surface area contributed by atoms with Crippen molar-refractivity contribution < 1.29 is 0 Å². The SMILES string of the molecule is CCN1CC(C)CC(C)C1. The summed E-state index contributed by atoms with van der Waals surface area (Å²) < 4.78 is 0. The molecule has 0 aromatic heterocycles. The van der Waals surface area contributed by atoms with Crippen molar-refractivity contribution >= 4 is 0 Å². The van der Waals surface area contributed by atoms with E-state index in [0.29, 0.717) is 0 Å². The van der Waals surface area contributed by atoms with Gasteiger partial charge in [-0.3, -0.25) is 0 Å². The normalized spacial score (nSPS) is 36.3. The van der Waals surface area contributed by atoms with Gasteiger partial charge in [0.15, 0.2) is 0 Å². The highest BCUT2D eigenvalue weighted by atomic mass is 15.1. The van der Waals surface area contributed by atoms with Crippen LogP contribution in [-0.4, -0.2) is 24.5 Å². The van der Waals surface area contributed by atoms with Gasteiger partial charge in [0.25, 0.3) is 0 Å². The first kappa shape index (κ1) is 8.06. The van der Waals surface area contributed by atoms with Crippen LogP contribution in [0.3, 0.4) is 0 Å². The van der Waals surface area contributed by atoms with E-state index >= 15 is 0 Å². The van der Waals surface area contributed by atoms with E-state index < -0.39 is 0 Å². The molecule has 0 aromatic rings. The van der Waals surface area contributed by atoms with Crippen molar-refractivity contribution in [2.24, 2.45) is 11.8 Å². The van der Waals surface area contributed by atoms with Crippen LogP contribution in [0.2, 0.25) is 0 Å². The molecule has 0 aromatic carbocycles. The van der Waals surface area contributed by atoms with Gasteiger partial charge in [0, 0.05) is 13.1 Å². The first-order chi connectivity index (χ1) is 4.72. The van der Waals surface area contributed by atoms with Gasteiger partial charge in [0.2, 0.25) is 0 Å². The first-order valence-electron chi connectivity index (χ1n) is 4.44. The Bertz CT molecular complexity index is 90.9. The fourth-order valence-electron chi connectivity index (χ4n) is 2.05. The summed E-state index contributed by atoms with van der Waals surface area (Å²) in [6.45, 7) is 10.8. The van der Waals surface area contributed by atoms with Gasteiger partial charge in [0.05, 0.1) is 0 Å². The Balaban J connectivity index is 2.35. The number of hydrogen-bond acceptors (Lipinski definition) is 1. The Kier molecular flexibility index (Phi) is 2.72. The molecule has 0 aliphatic carbocycles. The smallest absolute Gasteiger partial charge is 0.000712 e. The molecule has 1 heteroatoms. The Morgan fingerprint density at radius 3 is 2.10 bits per heavy atom. The number of likely N-dealkylation sites (tertiary alicyclic amines) is 1. The van der Waals surface area contributed by atoms with Crippen molar-refractivity contribution in [2.75, 3.05) is 19.6 Å². The lowest BCUT2D eigenvalue weighted by molar-refractivity contribution is 0.148. The molecule has 1 aliphatic heterocycles. The molecule has 60 valence electrons. The van der Waals surface area contributed by atoms with E-state index in [9.17, 15) is 0 Å². The Hall–Kier alpha value is -0.0400. The van der Waals surface area contributed by atoms with Crippen molar-refractivity contribution in [1.29, 1.82) is 0 Å². The van der Waals surface area contributed by atoms with Crippen LogP contribution >= 0.6 is 0 Å². The second-order valence-electron chi connectivity index (χ2n) is 3.80. The van der Waals surface area contributed by atoms with E-state index in [0.717, 1.165) is 11.8 Å². The van der Waals surface area contributed by atoms with Crippen LogP contribution in [0.25, 0.3) is 0 Å². The van der Waals surface area contributed by atoms with E-state index in [1.54, 1.807) is 0 Å². The molecule has 0 bridgehead atoms. The number of hydrogen-bond donors (Lipinski definition) is 0. The molecular weight excluding hydrogens is 122 g/mol. The molecule has 2 atom stereocenters. The Morgan fingerprint density at radius 1 is 1.20 bits per heavy atom. The molecular formula is C9H19N. The van der Waals surface area contributed by atoms with Gasteiger partial charge in [-0.1, -0.05) is 20.8 Å². The summed E-state index contributed by atoms with van der Waals surface area (Å²) in [5, 5.41) is 0. The summed E-state index contributed by atoms with van der Waals surface area (Å²) in [5.74, 6) is 1.84. The fourth-order valence-corrected chi connectivity index (χ4v) is 2.05. The molecule has 1 aliphatic rings. The minimum Gasteiger partial charge on any atom is -0.303 e. The van der Waals surface area contributed by atoms with Gasteiger partial charge in [-0.15, -0.1) is 0 Å². The predicted molar refractivity (Wildman–Crippen MR) is 45.1 cm³/mol. The topological polar surface area (TPSA) is 3.24 Å². The van der Waals surface area contributed by atoms with Crippen molar-refractivity contribution in [3.8, 4) is 0 Å². The van der Waals surface area contributed by atoms with Gasteiger partial charge in [-0.25, -0.2) is 0 Å². The van der Waals surface area contributed by atoms with E-state index in [2.05, 4.69) is 25.7 Å². The minimum absolute atomic E-state index is 0.920. The number of rotatable bonds is 1. The van der Waals surface area contributed by atoms with Gasteiger partial charge < -0.3 is 4.90 Å². The fraction of sp³-hybridized carbons (Fsp3) is 1.00. The van der Waals surface area contributed by atoms with Crippen molar-refractivity contribution in [2.45, 2.75) is 27.2 Å². The Morgan fingerprint density at radius 2 is 1.70 bits per heavy atom. The summed E-state index contributed by atoms with van der Waals surface area (Å²) in [4.78, 5) is 2.55. The second kappa shape index (κ2) is 3.38. The van der Waals surface area contributed by atoms with Crippen LogP contribution in [0.5, 0.6) is 0 Å². The van der Waals surface area contributed by atoms with Crippen molar-refractivity contribution in [3.63, 3.8) is 0 Å². The molecule has 0 N–H and O–H groups in total. The molecule has 1 heterocycles.